The molecular weight excluding hydrogens is 665 g/mol. The van der Waals surface area contributed by atoms with E-state index in [0.717, 1.165) is 37.3 Å². The molecule has 0 aromatic carbocycles. The number of nitrogens with zero attached hydrogens (tertiary/aromatic N) is 6. The first-order chi connectivity index (χ1) is 24.4. The maximum absolute atomic E-state index is 14.2. The number of anilines is 2. The summed E-state index contributed by atoms with van der Waals surface area (Å²) in [6, 6.07) is 6.25. The molecule has 3 N–H and O–H groups in total. The first-order valence-corrected chi connectivity index (χ1v) is 17.3. The molecule has 51 heavy (non-hydrogen) atoms. The van der Waals surface area contributed by atoms with E-state index >= 15 is 0 Å². The van der Waals surface area contributed by atoms with Crippen molar-refractivity contribution < 1.29 is 32.6 Å². The van der Waals surface area contributed by atoms with E-state index in [9.17, 15) is 27.9 Å². The summed E-state index contributed by atoms with van der Waals surface area (Å²) in [5, 5.41) is 12.0. The molecule has 4 aromatic rings. The van der Waals surface area contributed by atoms with E-state index in [0.29, 0.717) is 63.3 Å². The van der Waals surface area contributed by atoms with Crippen LogP contribution in [0.4, 0.5) is 24.8 Å². The second kappa shape index (κ2) is 13.8. The molecule has 270 valence electrons. The van der Waals surface area contributed by atoms with Gasteiger partial charge in [0.1, 0.15) is 11.2 Å². The molecule has 7 rings (SSSR count). The Balaban J connectivity index is 1.17. The van der Waals surface area contributed by atoms with E-state index in [1.807, 2.05) is 11.9 Å². The minimum Gasteiger partial charge on any atom is -0.481 e. The molecule has 1 amide bonds. The van der Waals surface area contributed by atoms with Gasteiger partial charge in [0, 0.05) is 63.1 Å². The van der Waals surface area contributed by atoms with Crippen molar-refractivity contribution in [3.05, 3.63) is 59.2 Å². The lowest BCUT2D eigenvalue weighted by Gasteiger charge is -2.34. The number of aromatic nitrogens is 5. The number of imidazole rings is 1. The summed E-state index contributed by atoms with van der Waals surface area (Å²) in [7, 11) is 3.62. The maximum Gasteiger partial charge on any atom is 0.418 e. The van der Waals surface area contributed by atoms with Crippen molar-refractivity contribution in [2.75, 3.05) is 50.6 Å². The molecule has 1 aliphatic heterocycles. The highest BCUT2D eigenvalue weighted by Gasteiger charge is 2.40. The number of carboxylic acid groups (broad SMARTS) is 1. The van der Waals surface area contributed by atoms with Gasteiger partial charge < -0.3 is 19.7 Å². The Morgan fingerprint density at radius 1 is 1.12 bits per heavy atom. The third kappa shape index (κ3) is 7.54. The van der Waals surface area contributed by atoms with Crippen LogP contribution in [0.5, 0.6) is 0 Å². The fourth-order valence-corrected chi connectivity index (χ4v) is 7.63. The molecule has 5 heterocycles. The number of amides is 1. The number of alkyl halides is 3. The van der Waals surface area contributed by atoms with Crippen molar-refractivity contribution in [2.45, 2.75) is 63.6 Å². The van der Waals surface area contributed by atoms with Crippen LogP contribution in [0.25, 0.3) is 22.4 Å². The number of pyridine rings is 3. The van der Waals surface area contributed by atoms with Crippen LogP contribution >= 0.6 is 0 Å². The average molecular weight is 707 g/mol. The normalized spacial score (nSPS) is 19.1. The number of carbonyl (C=O) groups excluding carboxylic acids is 1. The number of H-pyrrole nitrogens is 1. The van der Waals surface area contributed by atoms with Crippen molar-refractivity contribution in [3.63, 3.8) is 0 Å². The Labute approximate surface area is 292 Å². The summed E-state index contributed by atoms with van der Waals surface area (Å²) in [6.45, 7) is 2.89. The van der Waals surface area contributed by atoms with Crippen molar-refractivity contribution in [1.29, 1.82) is 0 Å². The SMILES string of the molecule is COCC1(CN(C)c2cc(-c3cnc(C4CC4)c(C(F)(F)F)c3)nc3nc(NC(=O)c4ccc(CN5CC[C@@H](C(=O)O)C5)cn4)[nH]c23)CCCC1. The molecule has 2 saturated carbocycles. The van der Waals surface area contributed by atoms with Crippen LogP contribution in [-0.4, -0.2) is 87.2 Å². The Hall–Kier alpha value is -4.63. The average Bonchev–Trinajstić information content (AvgIpc) is 3.43. The number of methoxy groups -OCH3 is 1. The van der Waals surface area contributed by atoms with Gasteiger partial charge in [-0.15, -0.1) is 0 Å². The predicted molar refractivity (Wildman–Crippen MR) is 183 cm³/mol. The van der Waals surface area contributed by atoms with E-state index in [1.165, 1.54) is 6.20 Å². The number of aromatic amines is 1. The molecule has 2 aliphatic carbocycles. The molecule has 15 heteroatoms. The van der Waals surface area contributed by atoms with Gasteiger partial charge in [0.2, 0.25) is 5.95 Å². The van der Waals surface area contributed by atoms with Gasteiger partial charge in [-0.2, -0.15) is 18.2 Å². The number of hydrogen-bond donors (Lipinski definition) is 3. The monoisotopic (exact) mass is 706 g/mol. The first kappa shape index (κ1) is 34.8. The number of halogens is 3. The minimum absolute atomic E-state index is 0.0710. The molecule has 0 unspecified atom stereocenters. The summed E-state index contributed by atoms with van der Waals surface area (Å²) < 4.78 is 48.2. The van der Waals surface area contributed by atoms with Crippen LogP contribution in [0.2, 0.25) is 0 Å². The van der Waals surface area contributed by atoms with Crippen molar-refractivity contribution >= 4 is 34.7 Å². The number of ether oxygens (including phenoxy) is 1. The van der Waals surface area contributed by atoms with Crippen LogP contribution in [-0.2, 0) is 22.3 Å². The van der Waals surface area contributed by atoms with E-state index < -0.39 is 23.6 Å². The van der Waals surface area contributed by atoms with Crippen LogP contribution in [0.15, 0.2) is 36.7 Å². The van der Waals surface area contributed by atoms with Crippen molar-refractivity contribution in [3.8, 4) is 11.3 Å². The lowest BCUT2D eigenvalue weighted by molar-refractivity contribution is -0.141. The number of carboxylic acids is 1. The summed E-state index contributed by atoms with van der Waals surface area (Å²) in [4.78, 5) is 49.7. The quantitative estimate of drug-likeness (QED) is 0.158. The smallest absolute Gasteiger partial charge is 0.418 e. The number of carbonyl (C=O) groups is 2. The zero-order chi connectivity index (χ0) is 35.9. The third-order valence-electron chi connectivity index (χ3n) is 10.3. The Kier molecular flexibility index (Phi) is 9.44. The highest BCUT2D eigenvalue weighted by Crippen LogP contribution is 2.46. The minimum atomic E-state index is -4.56. The topological polar surface area (TPSA) is 149 Å². The van der Waals surface area contributed by atoms with Crippen molar-refractivity contribution in [1.82, 2.24) is 29.8 Å². The predicted octanol–water partition coefficient (Wildman–Crippen LogP) is 6.11. The molecule has 1 saturated heterocycles. The van der Waals surface area contributed by atoms with E-state index in [2.05, 4.69) is 35.1 Å². The highest BCUT2D eigenvalue weighted by atomic mass is 19.4. The molecular formula is C36H41F3N8O4. The largest absolute Gasteiger partial charge is 0.481 e. The Morgan fingerprint density at radius 3 is 2.55 bits per heavy atom. The molecule has 0 spiro atoms. The van der Waals surface area contributed by atoms with Gasteiger partial charge in [-0.1, -0.05) is 18.9 Å². The van der Waals surface area contributed by atoms with E-state index in [1.54, 1.807) is 31.5 Å². The Morgan fingerprint density at radius 2 is 1.90 bits per heavy atom. The first-order valence-electron chi connectivity index (χ1n) is 17.3. The number of hydrogen-bond acceptors (Lipinski definition) is 9. The fourth-order valence-electron chi connectivity index (χ4n) is 7.63. The second-order valence-corrected chi connectivity index (χ2v) is 14.3. The van der Waals surface area contributed by atoms with Crippen molar-refractivity contribution in [2.24, 2.45) is 11.3 Å². The summed E-state index contributed by atoms with van der Waals surface area (Å²) in [5.41, 5.74) is 2.17. The lowest BCUT2D eigenvalue weighted by Crippen LogP contribution is -2.37. The molecule has 0 radical (unpaired) electrons. The second-order valence-electron chi connectivity index (χ2n) is 14.3. The third-order valence-corrected chi connectivity index (χ3v) is 10.3. The number of fused-ring (bicyclic) bond motifs is 1. The molecule has 12 nitrogen and oxygen atoms in total. The van der Waals surface area contributed by atoms with E-state index in [4.69, 9.17) is 4.74 Å². The zero-order valence-electron chi connectivity index (χ0n) is 28.6. The fraction of sp³-hybridized carbons (Fsp3) is 0.500. The molecule has 3 aliphatic rings. The van der Waals surface area contributed by atoms with Gasteiger partial charge in [0.25, 0.3) is 5.91 Å². The number of aliphatic carboxylic acids is 1. The summed E-state index contributed by atoms with van der Waals surface area (Å²) in [5.74, 6) is -1.76. The van der Waals surface area contributed by atoms with Crippen LogP contribution in [0.1, 0.15) is 78.2 Å². The van der Waals surface area contributed by atoms with Crippen LogP contribution in [0, 0.1) is 11.3 Å². The summed E-state index contributed by atoms with van der Waals surface area (Å²) in [6.07, 6.45) is 4.61. The van der Waals surface area contributed by atoms with Gasteiger partial charge >= 0.3 is 12.1 Å². The lowest BCUT2D eigenvalue weighted by atomic mass is 9.86. The number of rotatable bonds is 12. The highest BCUT2D eigenvalue weighted by molar-refractivity contribution is 6.03. The van der Waals surface area contributed by atoms with Crippen LogP contribution < -0.4 is 10.2 Å². The number of likely N-dealkylation sites (tertiary alicyclic amines) is 1. The van der Waals surface area contributed by atoms with Gasteiger partial charge in [0.05, 0.1) is 35.2 Å². The van der Waals surface area contributed by atoms with E-state index in [-0.39, 0.29) is 51.5 Å². The Bertz CT molecular complexity index is 1920. The van der Waals surface area contributed by atoms with Gasteiger partial charge in [-0.25, -0.2) is 4.98 Å². The van der Waals surface area contributed by atoms with Crippen LogP contribution in [0.3, 0.4) is 0 Å². The molecule has 3 fully saturated rings. The number of nitrogens with one attached hydrogen (secondary N) is 2. The molecule has 1 atom stereocenters. The van der Waals surface area contributed by atoms with Gasteiger partial charge in [-0.05, 0) is 62.4 Å². The summed E-state index contributed by atoms with van der Waals surface area (Å²) >= 11 is 0. The molecule has 0 bridgehead atoms. The maximum atomic E-state index is 14.2. The zero-order valence-corrected chi connectivity index (χ0v) is 28.6. The molecule has 4 aromatic heterocycles. The standard InChI is InChI=1S/C36H41F3N8O4/c1-46(19-35(20-51-2)10-3-4-11-35)28-14-27(24-13-25(36(37,38)39)29(41-16-24)22-6-7-22)42-31-30(28)43-34(44-31)45-32(48)26-8-5-21(15-40-26)17-47-12-9-23(18-47)33(49)50/h5,8,13-16,22-23H,3-4,6-7,9-12,17-20H2,1-2H3,(H,49,50)(H2,42,43,44,45,48)/t23-/m1/s1. The van der Waals surface area contributed by atoms with Gasteiger partial charge in [-0.3, -0.25) is 29.8 Å². The van der Waals surface area contributed by atoms with Gasteiger partial charge in [0.15, 0.2) is 5.65 Å².